The number of carbonyl (C=O) groups excluding carboxylic acids is 1. The summed E-state index contributed by atoms with van der Waals surface area (Å²) >= 11 is 0. The number of unbranched alkanes of at least 4 members (excludes halogenated alkanes) is 41. The third-order valence-corrected chi connectivity index (χ3v) is 14.4. The van der Waals surface area contributed by atoms with Gasteiger partial charge in [0.15, 0.2) is 6.29 Å². The lowest BCUT2D eigenvalue weighted by Crippen LogP contribution is -2.60. The van der Waals surface area contributed by atoms with Gasteiger partial charge in [-0.1, -0.05) is 283 Å². The zero-order valence-corrected chi connectivity index (χ0v) is 44.2. The van der Waals surface area contributed by atoms with E-state index in [0.29, 0.717) is 6.42 Å². The summed E-state index contributed by atoms with van der Waals surface area (Å²) in [6, 6.07) is -0.799. The molecule has 1 saturated heterocycles. The van der Waals surface area contributed by atoms with E-state index in [1.54, 1.807) is 6.08 Å². The highest BCUT2D eigenvalue weighted by Gasteiger charge is 2.44. The fourth-order valence-corrected chi connectivity index (χ4v) is 9.69. The van der Waals surface area contributed by atoms with Crippen molar-refractivity contribution >= 4 is 5.91 Å². The van der Waals surface area contributed by atoms with Crippen molar-refractivity contribution in [3.05, 3.63) is 12.2 Å². The Kier molecular flexibility index (Phi) is 46.3. The molecule has 0 aromatic carbocycles. The molecule has 0 spiro atoms. The molecule has 0 aromatic rings. The van der Waals surface area contributed by atoms with Gasteiger partial charge in [0.05, 0.1) is 25.4 Å². The Labute approximate surface area is 414 Å². The second-order valence-electron chi connectivity index (χ2n) is 20.8. The van der Waals surface area contributed by atoms with E-state index in [-0.39, 0.29) is 12.5 Å². The van der Waals surface area contributed by atoms with E-state index in [1.807, 2.05) is 6.08 Å². The summed E-state index contributed by atoms with van der Waals surface area (Å²) in [6.07, 6.45) is 53.1. The van der Waals surface area contributed by atoms with E-state index >= 15 is 0 Å². The van der Waals surface area contributed by atoms with Crippen LogP contribution in [0.3, 0.4) is 0 Å². The first kappa shape index (κ1) is 63.9. The average molecular weight is 953 g/mol. The van der Waals surface area contributed by atoms with Gasteiger partial charge in [0.1, 0.15) is 24.4 Å². The summed E-state index contributed by atoms with van der Waals surface area (Å²) in [5.74, 6) is -0.172. The molecule has 1 amide bonds. The van der Waals surface area contributed by atoms with Gasteiger partial charge in [0.25, 0.3) is 0 Å². The minimum absolute atomic E-state index is 0.172. The molecular weight excluding hydrogens is 839 g/mol. The summed E-state index contributed by atoms with van der Waals surface area (Å²) in [4.78, 5) is 13.0. The molecule has 1 heterocycles. The van der Waals surface area contributed by atoms with Gasteiger partial charge in [-0.2, -0.15) is 0 Å². The monoisotopic (exact) mass is 952 g/mol. The largest absolute Gasteiger partial charge is 0.394 e. The van der Waals surface area contributed by atoms with Gasteiger partial charge >= 0.3 is 0 Å². The molecule has 67 heavy (non-hydrogen) atoms. The van der Waals surface area contributed by atoms with E-state index in [1.165, 1.54) is 238 Å². The topological polar surface area (TPSA) is 149 Å². The van der Waals surface area contributed by atoms with Gasteiger partial charge in [-0.15, -0.1) is 0 Å². The van der Waals surface area contributed by atoms with Crippen molar-refractivity contribution in [2.24, 2.45) is 0 Å². The van der Waals surface area contributed by atoms with Crippen molar-refractivity contribution in [3.63, 3.8) is 0 Å². The fraction of sp³-hybridized carbons (Fsp3) is 0.948. The normalized spacial score (nSPS) is 19.7. The third kappa shape index (κ3) is 38.3. The summed E-state index contributed by atoms with van der Waals surface area (Å²) in [6.45, 7) is 3.79. The summed E-state index contributed by atoms with van der Waals surface area (Å²) in [5, 5.41) is 54.3. The fourth-order valence-electron chi connectivity index (χ4n) is 9.69. The second kappa shape index (κ2) is 48.6. The molecule has 2 unspecified atom stereocenters. The van der Waals surface area contributed by atoms with E-state index < -0.39 is 49.5 Å². The first-order valence-electron chi connectivity index (χ1n) is 29.4. The quantitative estimate of drug-likeness (QED) is 0.0261. The molecule has 0 aromatic heterocycles. The van der Waals surface area contributed by atoms with Crippen LogP contribution in [0.25, 0.3) is 0 Å². The minimum atomic E-state index is -1.56. The maximum atomic E-state index is 13.0. The molecule has 1 aliphatic rings. The molecule has 7 atom stereocenters. The highest BCUT2D eigenvalue weighted by atomic mass is 16.7. The molecule has 9 heteroatoms. The molecule has 0 saturated carbocycles. The van der Waals surface area contributed by atoms with E-state index in [4.69, 9.17) is 9.47 Å². The number of aliphatic hydroxyl groups excluding tert-OH is 5. The van der Waals surface area contributed by atoms with Crippen molar-refractivity contribution in [3.8, 4) is 0 Å². The van der Waals surface area contributed by atoms with Gasteiger partial charge in [0.2, 0.25) is 5.91 Å². The van der Waals surface area contributed by atoms with Crippen LogP contribution in [-0.2, 0) is 14.3 Å². The second-order valence-corrected chi connectivity index (χ2v) is 20.8. The van der Waals surface area contributed by atoms with Crippen LogP contribution in [0.5, 0.6) is 0 Å². The molecule has 0 bridgehead atoms. The van der Waals surface area contributed by atoms with Gasteiger partial charge < -0.3 is 40.3 Å². The smallest absolute Gasteiger partial charge is 0.220 e. The molecule has 1 rings (SSSR count). The summed E-state index contributed by atoms with van der Waals surface area (Å²) < 4.78 is 11.2. The first-order chi connectivity index (χ1) is 32.8. The van der Waals surface area contributed by atoms with Crippen molar-refractivity contribution in [2.45, 2.75) is 339 Å². The molecule has 0 radical (unpaired) electrons. The molecule has 6 N–H and O–H groups in total. The molecule has 398 valence electrons. The predicted octanol–water partition coefficient (Wildman–Crippen LogP) is 14.4. The lowest BCUT2D eigenvalue weighted by Gasteiger charge is -2.40. The Morgan fingerprint density at radius 1 is 0.493 bits per heavy atom. The van der Waals surface area contributed by atoms with Gasteiger partial charge in [-0.25, -0.2) is 0 Å². The zero-order chi connectivity index (χ0) is 48.7. The maximum Gasteiger partial charge on any atom is 0.220 e. The van der Waals surface area contributed by atoms with Crippen LogP contribution in [0.15, 0.2) is 12.2 Å². The van der Waals surface area contributed by atoms with Gasteiger partial charge in [-0.05, 0) is 19.3 Å². The predicted molar refractivity (Wildman–Crippen MR) is 281 cm³/mol. The number of aliphatic hydroxyl groups is 5. The molecule has 1 aliphatic heterocycles. The lowest BCUT2D eigenvalue weighted by molar-refractivity contribution is -0.302. The summed E-state index contributed by atoms with van der Waals surface area (Å²) in [7, 11) is 0. The number of nitrogens with one attached hydrogen (secondary N) is 1. The maximum absolute atomic E-state index is 13.0. The Hall–Kier alpha value is -1.07. The number of carbonyl (C=O) groups is 1. The van der Waals surface area contributed by atoms with Crippen molar-refractivity contribution in [1.29, 1.82) is 0 Å². The minimum Gasteiger partial charge on any atom is -0.394 e. The number of allylic oxidation sites excluding steroid dienone is 1. The molecule has 1 fully saturated rings. The van der Waals surface area contributed by atoms with Crippen LogP contribution in [-0.4, -0.2) is 87.5 Å². The standard InChI is InChI=1S/C58H113NO8/c1-3-5-7-9-11-13-15-16-17-18-19-20-21-22-23-24-25-26-27-28-29-30-31-32-33-34-35-36-38-40-42-44-46-48-54(62)59-51(50-66-58-57(65)56(64)55(63)53(49-60)67-58)52(61)47-45-43-41-39-37-14-12-10-8-6-4-2/h45,47,51-53,55-58,60-61,63-65H,3-44,46,48-50H2,1-2H3,(H,59,62)/b47-45+/t51-,52+,53+,55-,56?,57?,58+/m0/s1. The van der Waals surface area contributed by atoms with Crippen molar-refractivity contribution < 1.29 is 39.8 Å². The Balaban J connectivity index is 2.06. The molecule has 9 nitrogen and oxygen atoms in total. The van der Waals surface area contributed by atoms with Crippen LogP contribution in [0.1, 0.15) is 296 Å². The Bertz CT molecular complexity index is 1060. The molecular formula is C58H113NO8. The van der Waals surface area contributed by atoms with Crippen LogP contribution >= 0.6 is 0 Å². The number of hydrogen-bond acceptors (Lipinski definition) is 8. The van der Waals surface area contributed by atoms with E-state index in [0.717, 1.165) is 38.5 Å². The number of hydrogen-bond donors (Lipinski definition) is 6. The van der Waals surface area contributed by atoms with Crippen LogP contribution in [0, 0.1) is 0 Å². The van der Waals surface area contributed by atoms with Crippen LogP contribution in [0.2, 0.25) is 0 Å². The van der Waals surface area contributed by atoms with Crippen LogP contribution < -0.4 is 5.32 Å². The van der Waals surface area contributed by atoms with Crippen molar-refractivity contribution in [1.82, 2.24) is 5.32 Å². The van der Waals surface area contributed by atoms with Gasteiger partial charge in [-0.3, -0.25) is 4.79 Å². The summed E-state index contributed by atoms with van der Waals surface area (Å²) in [5.41, 5.74) is 0. The van der Waals surface area contributed by atoms with Crippen molar-refractivity contribution in [2.75, 3.05) is 13.2 Å². The lowest BCUT2D eigenvalue weighted by atomic mass is 9.99. The number of rotatable bonds is 51. The Morgan fingerprint density at radius 3 is 1.16 bits per heavy atom. The first-order valence-corrected chi connectivity index (χ1v) is 29.4. The highest BCUT2D eigenvalue weighted by Crippen LogP contribution is 2.23. The number of ether oxygens (including phenoxy) is 2. The average Bonchev–Trinajstić information content (AvgIpc) is 3.33. The third-order valence-electron chi connectivity index (χ3n) is 14.4. The SMILES string of the molecule is CCCCCCCCCCC/C=C/[C@@H](O)[C@H](CO[C@@H]1O[C@H](CO)[C@H](O)C(O)C1O)NC(=O)CCCCCCCCCCCCCCCCCCCCCCCCCCCCCCCCCCC. The number of amides is 1. The Morgan fingerprint density at radius 2 is 0.821 bits per heavy atom. The molecule has 0 aliphatic carbocycles. The zero-order valence-electron chi connectivity index (χ0n) is 44.2. The highest BCUT2D eigenvalue weighted by molar-refractivity contribution is 5.76. The van der Waals surface area contributed by atoms with Crippen LogP contribution in [0.4, 0.5) is 0 Å². The van der Waals surface area contributed by atoms with Gasteiger partial charge in [0, 0.05) is 6.42 Å². The van der Waals surface area contributed by atoms with E-state index in [9.17, 15) is 30.3 Å². The van der Waals surface area contributed by atoms with E-state index in [2.05, 4.69) is 19.2 Å².